The molecule has 0 atom stereocenters. The van der Waals surface area contributed by atoms with Crippen LogP contribution in [0, 0.1) is 15.5 Å². The van der Waals surface area contributed by atoms with Crippen LogP contribution in [0.3, 0.4) is 0 Å². The van der Waals surface area contributed by atoms with E-state index in [4.69, 9.17) is 16.7 Å². The van der Waals surface area contributed by atoms with Crippen molar-refractivity contribution in [3.05, 3.63) is 33.3 Å². The maximum Gasteiger partial charge on any atom is 0.319 e. The number of hydrogen-bond donors (Lipinski definition) is 3. The molecule has 112 valence electrons. The number of hydrogen-bond acceptors (Lipinski definition) is 4. The molecule has 0 spiro atoms. The summed E-state index contributed by atoms with van der Waals surface area (Å²) in [6.45, 7) is 0.000707. The van der Waals surface area contributed by atoms with Gasteiger partial charge in [0, 0.05) is 18.7 Å². The van der Waals surface area contributed by atoms with Gasteiger partial charge in [0.15, 0.2) is 0 Å². The monoisotopic (exact) mass is 313 g/mol. The lowest BCUT2D eigenvalue weighted by Gasteiger charge is -2.12. The maximum atomic E-state index is 11.7. The van der Waals surface area contributed by atoms with Crippen molar-refractivity contribution in [1.82, 2.24) is 5.32 Å². The summed E-state index contributed by atoms with van der Waals surface area (Å²) >= 11 is 5.84. The molecule has 0 heterocycles. The van der Waals surface area contributed by atoms with E-state index in [-0.39, 0.29) is 22.9 Å². The summed E-state index contributed by atoms with van der Waals surface area (Å²) in [7, 11) is 0. The molecule has 1 aliphatic rings. The number of benzene rings is 1. The topological polar surface area (TPSA) is 122 Å². The van der Waals surface area contributed by atoms with Crippen molar-refractivity contribution in [2.75, 3.05) is 11.9 Å². The highest BCUT2D eigenvalue weighted by Gasteiger charge is 2.50. The number of nitro benzene ring substituents is 1. The maximum absolute atomic E-state index is 11.7. The van der Waals surface area contributed by atoms with Crippen molar-refractivity contribution in [2.24, 2.45) is 5.41 Å². The highest BCUT2D eigenvalue weighted by atomic mass is 35.5. The molecule has 0 radical (unpaired) electrons. The minimum Gasteiger partial charge on any atom is -0.481 e. The van der Waals surface area contributed by atoms with Gasteiger partial charge in [0.25, 0.3) is 5.69 Å². The van der Waals surface area contributed by atoms with Gasteiger partial charge in [-0.1, -0.05) is 11.6 Å². The zero-order chi connectivity index (χ0) is 15.6. The first kappa shape index (κ1) is 15.0. The predicted octanol–water partition coefficient (Wildman–Crippen LogP) is 2.23. The first-order valence-corrected chi connectivity index (χ1v) is 6.44. The summed E-state index contributed by atoms with van der Waals surface area (Å²) < 4.78 is 0. The first-order chi connectivity index (χ1) is 9.84. The Hall–Kier alpha value is -2.35. The standard InChI is InChI=1S/C12H12ClN3O5/c13-8-2-1-7(16(20)21)5-9(8)15-11(19)14-6-12(3-4-12)10(17)18/h1-2,5H,3-4,6H2,(H,17,18)(H2,14,15,19). The molecule has 0 unspecified atom stereocenters. The van der Waals surface area contributed by atoms with Crippen LogP contribution in [-0.2, 0) is 4.79 Å². The molecule has 1 aliphatic carbocycles. The third-order valence-electron chi connectivity index (χ3n) is 3.30. The lowest BCUT2D eigenvalue weighted by molar-refractivity contribution is -0.384. The predicted molar refractivity (Wildman–Crippen MR) is 74.4 cm³/mol. The van der Waals surface area contributed by atoms with Gasteiger partial charge in [-0.2, -0.15) is 0 Å². The van der Waals surface area contributed by atoms with Gasteiger partial charge in [-0.05, 0) is 18.9 Å². The van der Waals surface area contributed by atoms with Crippen molar-refractivity contribution in [3.8, 4) is 0 Å². The van der Waals surface area contributed by atoms with Crippen LogP contribution < -0.4 is 10.6 Å². The molecule has 8 nitrogen and oxygen atoms in total. The van der Waals surface area contributed by atoms with E-state index in [0.29, 0.717) is 12.8 Å². The first-order valence-electron chi connectivity index (χ1n) is 6.06. The zero-order valence-electron chi connectivity index (χ0n) is 10.8. The molecule has 3 N–H and O–H groups in total. The Morgan fingerprint density at radius 2 is 2.10 bits per heavy atom. The van der Waals surface area contributed by atoms with Crippen LogP contribution >= 0.6 is 11.6 Å². The molecule has 0 bridgehead atoms. The van der Waals surface area contributed by atoms with Gasteiger partial charge in [-0.15, -0.1) is 0 Å². The number of carbonyl (C=O) groups excluding carboxylic acids is 1. The molecular weight excluding hydrogens is 302 g/mol. The number of carboxylic acid groups (broad SMARTS) is 1. The Kier molecular flexibility index (Phi) is 3.99. The number of halogens is 1. The molecule has 1 fully saturated rings. The lowest BCUT2D eigenvalue weighted by Crippen LogP contribution is -2.36. The number of non-ortho nitro benzene ring substituents is 1. The number of anilines is 1. The minimum absolute atomic E-state index is 0.000707. The van der Waals surface area contributed by atoms with Gasteiger partial charge >= 0.3 is 12.0 Å². The van der Waals surface area contributed by atoms with Gasteiger partial charge < -0.3 is 15.7 Å². The number of carbonyl (C=O) groups is 2. The Morgan fingerprint density at radius 3 is 2.62 bits per heavy atom. The average Bonchev–Trinajstić information content (AvgIpc) is 3.20. The van der Waals surface area contributed by atoms with E-state index in [1.807, 2.05) is 0 Å². The van der Waals surface area contributed by atoms with Crippen LogP contribution in [0.2, 0.25) is 5.02 Å². The third kappa shape index (κ3) is 3.40. The van der Waals surface area contributed by atoms with Gasteiger partial charge in [0.2, 0.25) is 0 Å². The van der Waals surface area contributed by atoms with Crippen LogP contribution in [0.1, 0.15) is 12.8 Å². The molecule has 21 heavy (non-hydrogen) atoms. The SMILES string of the molecule is O=C(NCC1(C(=O)O)CC1)Nc1cc([N+](=O)[O-])ccc1Cl. The second-order valence-corrected chi connectivity index (χ2v) is 5.22. The summed E-state index contributed by atoms with van der Waals surface area (Å²) in [5.41, 5.74) is -1.01. The molecule has 2 amide bonds. The number of nitrogens with zero attached hydrogens (tertiary/aromatic N) is 1. The van der Waals surface area contributed by atoms with Crippen molar-refractivity contribution in [2.45, 2.75) is 12.8 Å². The van der Waals surface area contributed by atoms with Crippen molar-refractivity contribution in [3.63, 3.8) is 0 Å². The van der Waals surface area contributed by atoms with Gasteiger partial charge in [-0.3, -0.25) is 14.9 Å². The van der Waals surface area contributed by atoms with Crippen molar-refractivity contribution < 1.29 is 19.6 Å². The molecule has 1 aromatic carbocycles. The molecule has 0 saturated heterocycles. The van der Waals surface area contributed by atoms with Gasteiger partial charge in [-0.25, -0.2) is 4.79 Å². The van der Waals surface area contributed by atoms with Gasteiger partial charge in [0.1, 0.15) is 0 Å². The number of urea groups is 1. The Bertz CT molecular complexity index is 615. The van der Waals surface area contributed by atoms with Crippen molar-refractivity contribution in [1.29, 1.82) is 0 Å². The smallest absolute Gasteiger partial charge is 0.319 e. The van der Waals surface area contributed by atoms with Crippen LogP contribution in [0.15, 0.2) is 18.2 Å². The van der Waals surface area contributed by atoms with E-state index < -0.39 is 22.3 Å². The fourth-order valence-electron chi connectivity index (χ4n) is 1.76. The molecular formula is C12H12ClN3O5. The lowest BCUT2D eigenvalue weighted by atomic mass is 10.1. The number of carboxylic acids is 1. The normalized spacial score (nSPS) is 15.1. The summed E-state index contributed by atoms with van der Waals surface area (Å²) in [6.07, 6.45) is 1.03. The van der Waals surface area contributed by atoms with E-state index >= 15 is 0 Å². The van der Waals surface area contributed by atoms with Crippen LogP contribution in [-0.4, -0.2) is 28.6 Å². The second-order valence-electron chi connectivity index (χ2n) is 4.81. The Balaban J connectivity index is 1.98. The highest BCUT2D eigenvalue weighted by molar-refractivity contribution is 6.33. The Labute approximate surface area is 124 Å². The number of rotatable bonds is 5. The van der Waals surface area contributed by atoms with Crippen molar-refractivity contribution >= 4 is 35.0 Å². The summed E-state index contributed by atoms with van der Waals surface area (Å²) in [4.78, 5) is 32.7. The molecule has 9 heteroatoms. The van der Waals surface area contributed by atoms with Crippen LogP contribution in [0.4, 0.5) is 16.2 Å². The molecule has 0 aromatic heterocycles. The molecule has 1 aromatic rings. The van der Waals surface area contributed by atoms with E-state index in [0.717, 1.165) is 6.07 Å². The average molecular weight is 314 g/mol. The summed E-state index contributed by atoms with van der Waals surface area (Å²) in [6, 6.07) is 2.99. The minimum atomic E-state index is -0.948. The number of aliphatic carboxylic acids is 1. The van der Waals surface area contributed by atoms with E-state index in [1.165, 1.54) is 12.1 Å². The Morgan fingerprint density at radius 1 is 1.43 bits per heavy atom. The second kappa shape index (κ2) is 5.57. The zero-order valence-corrected chi connectivity index (χ0v) is 11.5. The quantitative estimate of drug-likeness (QED) is 0.568. The van der Waals surface area contributed by atoms with Crippen LogP contribution in [0.25, 0.3) is 0 Å². The molecule has 2 rings (SSSR count). The van der Waals surface area contributed by atoms with E-state index in [2.05, 4.69) is 10.6 Å². The fourth-order valence-corrected chi connectivity index (χ4v) is 1.92. The highest BCUT2D eigenvalue weighted by Crippen LogP contribution is 2.45. The van der Waals surface area contributed by atoms with Crippen LogP contribution in [0.5, 0.6) is 0 Å². The number of nitrogens with one attached hydrogen (secondary N) is 2. The van der Waals surface area contributed by atoms with E-state index in [9.17, 15) is 19.7 Å². The van der Waals surface area contributed by atoms with E-state index in [1.54, 1.807) is 0 Å². The molecule has 0 aliphatic heterocycles. The van der Waals surface area contributed by atoms with Gasteiger partial charge in [0.05, 0.1) is 21.0 Å². The molecule has 1 saturated carbocycles. The fraction of sp³-hybridized carbons (Fsp3) is 0.333. The third-order valence-corrected chi connectivity index (χ3v) is 3.63. The summed E-state index contributed by atoms with van der Waals surface area (Å²) in [5, 5.41) is 24.6. The summed E-state index contributed by atoms with van der Waals surface area (Å²) in [5.74, 6) is -0.948. The number of amides is 2. The largest absolute Gasteiger partial charge is 0.481 e. The number of nitro groups is 1.